The molecule has 0 atom stereocenters. The van der Waals surface area contributed by atoms with Crippen molar-refractivity contribution < 1.29 is 14.6 Å². The topological polar surface area (TPSA) is 70.9 Å². The highest BCUT2D eigenvalue weighted by atomic mass is 79.9. The Kier molecular flexibility index (Phi) is 6.18. The number of carbonyl (C=O) groups is 1. The zero-order valence-electron chi connectivity index (χ0n) is 12.2. The fraction of sp³-hybridized carbons (Fsp3) is 0.125. The smallest absolute Gasteiger partial charge is 0.277 e. The molecule has 0 saturated carbocycles. The molecule has 0 bridgehead atoms. The molecule has 0 aliphatic heterocycles. The third-order valence-corrected chi connectivity index (χ3v) is 4.01. The lowest BCUT2D eigenvalue weighted by molar-refractivity contribution is -0.123. The van der Waals surface area contributed by atoms with E-state index in [0.717, 1.165) is 5.56 Å². The first kappa shape index (κ1) is 17.5. The van der Waals surface area contributed by atoms with Crippen LogP contribution in [0.25, 0.3) is 0 Å². The van der Waals surface area contributed by atoms with Gasteiger partial charge in [0.1, 0.15) is 11.5 Å². The number of aromatic hydroxyl groups is 1. The maximum absolute atomic E-state index is 11.7. The second-order valence-electron chi connectivity index (χ2n) is 4.73. The summed E-state index contributed by atoms with van der Waals surface area (Å²) in [6.45, 7) is 1.83. The number of rotatable bonds is 5. The highest BCUT2D eigenvalue weighted by Gasteiger charge is 2.05. The summed E-state index contributed by atoms with van der Waals surface area (Å²) in [6, 6.07) is 10.8. The van der Waals surface area contributed by atoms with E-state index in [0.29, 0.717) is 20.3 Å². The van der Waals surface area contributed by atoms with E-state index in [1.54, 1.807) is 18.2 Å². The predicted octanol–water partition coefficient (Wildman–Crippen LogP) is 3.75. The Hall–Kier alpha value is -1.86. The van der Waals surface area contributed by atoms with Crippen LogP contribution in [0.5, 0.6) is 11.5 Å². The second kappa shape index (κ2) is 8.12. The predicted molar refractivity (Wildman–Crippen MR) is 95.9 cm³/mol. The molecule has 2 aromatic carbocycles. The van der Waals surface area contributed by atoms with Gasteiger partial charge in [-0.3, -0.25) is 4.79 Å². The molecule has 0 aliphatic rings. The van der Waals surface area contributed by atoms with Crippen molar-refractivity contribution in [3.05, 3.63) is 56.5 Å². The molecule has 2 aromatic rings. The Labute approximate surface area is 150 Å². The van der Waals surface area contributed by atoms with Crippen LogP contribution in [0.1, 0.15) is 11.1 Å². The van der Waals surface area contributed by atoms with Crippen LogP contribution in [0.15, 0.2) is 50.4 Å². The fourth-order valence-electron chi connectivity index (χ4n) is 1.72. The number of phenols is 1. The Morgan fingerprint density at radius 1 is 1.30 bits per heavy atom. The van der Waals surface area contributed by atoms with Crippen molar-refractivity contribution in [2.24, 2.45) is 5.10 Å². The summed E-state index contributed by atoms with van der Waals surface area (Å²) < 4.78 is 6.43. The number of nitrogens with one attached hydrogen (secondary N) is 1. The van der Waals surface area contributed by atoms with Crippen molar-refractivity contribution >= 4 is 44.0 Å². The van der Waals surface area contributed by atoms with Crippen LogP contribution >= 0.6 is 31.9 Å². The second-order valence-corrected chi connectivity index (χ2v) is 6.44. The minimum absolute atomic E-state index is 0.109. The van der Waals surface area contributed by atoms with E-state index in [-0.39, 0.29) is 18.3 Å². The SMILES string of the molecule is Cc1cccc(OCC(=O)NN=Cc2cc(Br)c(O)c(Br)c2)c1. The molecule has 0 radical (unpaired) electrons. The van der Waals surface area contributed by atoms with Crippen molar-refractivity contribution in [1.29, 1.82) is 0 Å². The third-order valence-electron chi connectivity index (χ3n) is 2.80. The Morgan fingerprint density at radius 3 is 2.65 bits per heavy atom. The number of ether oxygens (including phenoxy) is 1. The fourth-order valence-corrected chi connectivity index (χ4v) is 2.95. The van der Waals surface area contributed by atoms with Gasteiger partial charge in [0.05, 0.1) is 15.2 Å². The van der Waals surface area contributed by atoms with E-state index in [9.17, 15) is 9.90 Å². The van der Waals surface area contributed by atoms with E-state index in [1.807, 2.05) is 25.1 Å². The molecule has 0 heterocycles. The van der Waals surface area contributed by atoms with Crippen LogP contribution in [-0.2, 0) is 4.79 Å². The molecule has 0 spiro atoms. The van der Waals surface area contributed by atoms with Crippen LogP contribution in [-0.4, -0.2) is 23.8 Å². The van der Waals surface area contributed by atoms with Crippen LogP contribution in [0.4, 0.5) is 0 Å². The van der Waals surface area contributed by atoms with E-state index < -0.39 is 0 Å². The summed E-state index contributed by atoms with van der Waals surface area (Å²) in [7, 11) is 0. The minimum atomic E-state index is -0.361. The van der Waals surface area contributed by atoms with Gasteiger partial charge in [-0.1, -0.05) is 12.1 Å². The molecule has 0 unspecified atom stereocenters. The van der Waals surface area contributed by atoms with E-state index in [4.69, 9.17) is 4.74 Å². The van der Waals surface area contributed by atoms with Gasteiger partial charge in [0, 0.05) is 0 Å². The Balaban J connectivity index is 1.86. The maximum atomic E-state index is 11.7. The lowest BCUT2D eigenvalue weighted by atomic mass is 10.2. The molecule has 0 fully saturated rings. The first-order valence-electron chi connectivity index (χ1n) is 6.65. The minimum Gasteiger partial charge on any atom is -0.506 e. The molecule has 2 rings (SSSR count). The number of amides is 1. The first-order valence-corrected chi connectivity index (χ1v) is 8.23. The summed E-state index contributed by atoms with van der Waals surface area (Å²) >= 11 is 6.45. The van der Waals surface area contributed by atoms with Gasteiger partial charge in [0.15, 0.2) is 6.61 Å². The van der Waals surface area contributed by atoms with Gasteiger partial charge >= 0.3 is 0 Å². The van der Waals surface area contributed by atoms with Crippen molar-refractivity contribution in [3.63, 3.8) is 0 Å². The van der Waals surface area contributed by atoms with Gasteiger partial charge in [-0.05, 0) is 74.2 Å². The quantitative estimate of drug-likeness (QED) is 0.548. The average molecular weight is 442 g/mol. The number of hydrogen-bond donors (Lipinski definition) is 2. The number of benzene rings is 2. The standard InChI is InChI=1S/C16H14Br2N2O3/c1-10-3-2-4-12(5-10)23-9-15(21)20-19-8-11-6-13(17)16(22)14(18)7-11/h2-8,22H,9H2,1H3,(H,20,21). The van der Waals surface area contributed by atoms with Gasteiger partial charge in [0.25, 0.3) is 5.91 Å². The van der Waals surface area contributed by atoms with Crippen LogP contribution in [0.2, 0.25) is 0 Å². The van der Waals surface area contributed by atoms with E-state index in [2.05, 4.69) is 42.4 Å². The largest absolute Gasteiger partial charge is 0.506 e. The molecule has 120 valence electrons. The number of hydrogen-bond acceptors (Lipinski definition) is 4. The number of halogens is 2. The molecular formula is C16H14Br2N2O3. The molecule has 0 saturated heterocycles. The molecule has 5 nitrogen and oxygen atoms in total. The summed E-state index contributed by atoms with van der Waals surface area (Å²) in [4.78, 5) is 11.7. The zero-order valence-corrected chi connectivity index (χ0v) is 15.4. The van der Waals surface area contributed by atoms with Crippen molar-refractivity contribution in [3.8, 4) is 11.5 Å². The van der Waals surface area contributed by atoms with Gasteiger partial charge in [-0.25, -0.2) is 5.43 Å². The molecule has 2 N–H and O–H groups in total. The van der Waals surface area contributed by atoms with Crippen molar-refractivity contribution in [2.45, 2.75) is 6.92 Å². The van der Waals surface area contributed by atoms with Crippen LogP contribution in [0.3, 0.4) is 0 Å². The molecule has 0 aromatic heterocycles. The summed E-state index contributed by atoms with van der Waals surface area (Å²) in [5.74, 6) is 0.382. The Bertz CT molecular complexity index is 725. The molecule has 23 heavy (non-hydrogen) atoms. The highest BCUT2D eigenvalue weighted by molar-refractivity contribution is 9.11. The highest BCUT2D eigenvalue weighted by Crippen LogP contribution is 2.32. The number of aryl methyl sites for hydroxylation is 1. The van der Waals surface area contributed by atoms with Gasteiger partial charge in [0.2, 0.25) is 0 Å². The average Bonchev–Trinajstić information content (AvgIpc) is 2.50. The van der Waals surface area contributed by atoms with Crippen molar-refractivity contribution in [2.75, 3.05) is 6.61 Å². The van der Waals surface area contributed by atoms with E-state index in [1.165, 1.54) is 6.21 Å². The maximum Gasteiger partial charge on any atom is 0.277 e. The number of hydrazone groups is 1. The molecular weight excluding hydrogens is 428 g/mol. The summed E-state index contributed by atoms with van der Waals surface area (Å²) in [6.07, 6.45) is 1.47. The lowest BCUT2D eigenvalue weighted by Gasteiger charge is -2.05. The lowest BCUT2D eigenvalue weighted by Crippen LogP contribution is -2.24. The van der Waals surface area contributed by atoms with Crippen molar-refractivity contribution in [1.82, 2.24) is 5.43 Å². The van der Waals surface area contributed by atoms with Gasteiger partial charge in [-0.15, -0.1) is 0 Å². The van der Waals surface area contributed by atoms with Crippen LogP contribution in [0, 0.1) is 6.92 Å². The number of nitrogens with zero attached hydrogens (tertiary/aromatic N) is 1. The monoisotopic (exact) mass is 440 g/mol. The first-order chi connectivity index (χ1) is 11.0. The summed E-state index contributed by atoms with van der Waals surface area (Å²) in [5, 5.41) is 13.5. The van der Waals surface area contributed by atoms with Gasteiger partial charge in [-0.2, -0.15) is 5.10 Å². The normalized spacial score (nSPS) is 10.7. The number of phenolic OH excluding ortho intramolecular Hbond substituents is 1. The number of carbonyl (C=O) groups excluding carboxylic acids is 1. The zero-order chi connectivity index (χ0) is 16.8. The third kappa shape index (κ3) is 5.37. The molecule has 7 heteroatoms. The Morgan fingerprint density at radius 2 is 2.00 bits per heavy atom. The molecule has 0 aliphatic carbocycles. The molecule has 1 amide bonds. The van der Waals surface area contributed by atoms with Gasteiger partial charge < -0.3 is 9.84 Å². The van der Waals surface area contributed by atoms with E-state index >= 15 is 0 Å². The summed E-state index contributed by atoms with van der Waals surface area (Å²) in [5.41, 5.74) is 4.15. The van der Waals surface area contributed by atoms with Crippen LogP contribution < -0.4 is 10.2 Å².